The van der Waals surface area contributed by atoms with Gasteiger partial charge < -0.3 is 14.7 Å². The number of hydrogen-bond acceptors (Lipinski definition) is 6. The molecule has 3 heterocycles. The number of anilines is 1. The van der Waals surface area contributed by atoms with E-state index in [0.29, 0.717) is 29.1 Å². The molecule has 0 bridgehead atoms. The van der Waals surface area contributed by atoms with E-state index in [-0.39, 0.29) is 24.1 Å². The number of nitrogens with zero attached hydrogens (tertiary/aromatic N) is 4. The van der Waals surface area contributed by atoms with Crippen LogP contribution in [0.25, 0.3) is 11.0 Å². The third-order valence-electron chi connectivity index (χ3n) is 4.47. The molecule has 0 unspecified atom stereocenters. The van der Waals surface area contributed by atoms with Crippen LogP contribution in [0.4, 0.5) is 10.5 Å². The van der Waals surface area contributed by atoms with Crippen molar-refractivity contribution in [1.82, 2.24) is 14.9 Å². The van der Waals surface area contributed by atoms with Crippen molar-refractivity contribution in [3.63, 3.8) is 0 Å². The van der Waals surface area contributed by atoms with Crippen molar-refractivity contribution in [2.45, 2.75) is 52.3 Å². The number of carbonyl (C=O) groups excluding carboxylic acids is 1. The van der Waals surface area contributed by atoms with Gasteiger partial charge in [-0.1, -0.05) is 11.6 Å². The summed E-state index contributed by atoms with van der Waals surface area (Å²) >= 11 is 6.23. The highest BCUT2D eigenvalue weighted by Crippen LogP contribution is 2.30. The maximum Gasteiger partial charge on any atom is 0.410 e. The van der Waals surface area contributed by atoms with Crippen LogP contribution >= 0.6 is 11.6 Å². The first-order valence-electron chi connectivity index (χ1n) is 8.96. The van der Waals surface area contributed by atoms with Crippen molar-refractivity contribution < 1.29 is 14.6 Å². The topological polar surface area (TPSA) is 78.8 Å². The number of carbonyl (C=O) groups is 1. The SMILES string of the molecule is C[C@@H]1CN(c2cnc3nc(O)cc(Cl)c3c2)C[C@H](C)N1C(=O)OC(C)(C)C. The fraction of sp³-hybridized carbons (Fsp3) is 0.526. The monoisotopic (exact) mass is 392 g/mol. The Balaban J connectivity index is 1.82. The molecule has 0 radical (unpaired) electrons. The van der Waals surface area contributed by atoms with Crippen LogP contribution in [-0.4, -0.2) is 56.8 Å². The van der Waals surface area contributed by atoms with Crippen LogP contribution in [0.3, 0.4) is 0 Å². The number of fused-ring (bicyclic) bond motifs is 1. The first-order valence-corrected chi connectivity index (χ1v) is 9.34. The highest BCUT2D eigenvalue weighted by molar-refractivity contribution is 6.35. The highest BCUT2D eigenvalue weighted by atomic mass is 35.5. The molecule has 7 nitrogen and oxygen atoms in total. The summed E-state index contributed by atoms with van der Waals surface area (Å²) in [7, 11) is 0. The minimum absolute atomic E-state index is 0.0206. The largest absolute Gasteiger partial charge is 0.493 e. The van der Waals surface area contributed by atoms with Crippen molar-refractivity contribution in [2.24, 2.45) is 0 Å². The Labute approximate surface area is 163 Å². The molecule has 2 aromatic heterocycles. The van der Waals surface area contributed by atoms with Gasteiger partial charge in [0, 0.05) is 24.5 Å². The zero-order valence-electron chi connectivity index (χ0n) is 16.2. The molecule has 0 aliphatic carbocycles. The number of aromatic nitrogens is 2. The van der Waals surface area contributed by atoms with Gasteiger partial charge in [-0.15, -0.1) is 0 Å². The van der Waals surface area contributed by atoms with Gasteiger partial charge in [-0.05, 0) is 40.7 Å². The summed E-state index contributed by atoms with van der Waals surface area (Å²) in [5.74, 6) is -0.152. The lowest BCUT2D eigenvalue weighted by molar-refractivity contribution is 0.00566. The number of ether oxygens (including phenoxy) is 1. The predicted molar refractivity (Wildman–Crippen MR) is 105 cm³/mol. The zero-order chi connectivity index (χ0) is 19.9. The average Bonchev–Trinajstić information content (AvgIpc) is 2.52. The van der Waals surface area contributed by atoms with Crippen LogP contribution in [0, 0.1) is 0 Å². The normalized spacial score (nSPS) is 20.8. The summed E-state index contributed by atoms with van der Waals surface area (Å²) in [5.41, 5.74) is 0.780. The summed E-state index contributed by atoms with van der Waals surface area (Å²) in [5, 5.41) is 10.7. The third kappa shape index (κ3) is 4.18. The van der Waals surface area contributed by atoms with Crippen molar-refractivity contribution in [3.05, 3.63) is 23.4 Å². The Kier molecular flexibility index (Phi) is 5.08. The maximum atomic E-state index is 12.6. The molecule has 146 valence electrons. The third-order valence-corrected chi connectivity index (χ3v) is 4.79. The molecular formula is C19H25ClN4O3. The lowest BCUT2D eigenvalue weighted by Gasteiger charge is -2.45. The molecule has 0 saturated carbocycles. The Morgan fingerprint density at radius 2 is 1.89 bits per heavy atom. The average molecular weight is 393 g/mol. The molecule has 1 saturated heterocycles. The number of rotatable bonds is 1. The minimum atomic E-state index is -0.523. The Morgan fingerprint density at radius 1 is 1.26 bits per heavy atom. The number of piperazine rings is 1. The molecule has 2 aromatic rings. The van der Waals surface area contributed by atoms with Crippen molar-refractivity contribution in [1.29, 1.82) is 0 Å². The van der Waals surface area contributed by atoms with Crippen LogP contribution in [0.2, 0.25) is 5.02 Å². The van der Waals surface area contributed by atoms with Crippen molar-refractivity contribution in [2.75, 3.05) is 18.0 Å². The second-order valence-electron chi connectivity index (χ2n) is 8.02. The minimum Gasteiger partial charge on any atom is -0.493 e. The fourth-order valence-electron chi connectivity index (χ4n) is 3.42. The van der Waals surface area contributed by atoms with Gasteiger partial charge in [0.15, 0.2) is 5.65 Å². The van der Waals surface area contributed by atoms with Crippen LogP contribution in [0.1, 0.15) is 34.6 Å². The van der Waals surface area contributed by atoms with E-state index in [2.05, 4.69) is 14.9 Å². The number of halogens is 1. The summed E-state index contributed by atoms with van der Waals surface area (Å²) in [4.78, 5) is 24.8. The maximum absolute atomic E-state index is 12.6. The quantitative estimate of drug-likeness (QED) is 0.794. The van der Waals surface area contributed by atoms with Gasteiger partial charge in [0.25, 0.3) is 0 Å². The smallest absolute Gasteiger partial charge is 0.410 e. The molecule has 1 aliphatic heterocycles. The second-order valence-corrected chi connectivity index (χ2v) is 8.42. The Hall–Kier alpha value is -2.28. The van der Waals surface area contributed by atoms with E-state index in [1.54, 1.807) is 11.1 Å². The van der Waals surface area contributed by atoms with Crippen LogP contribution in [0.5, 0.6) is 5.88 Å². The Morgan fingerprint density at radius 3 is 2.48 bits per heavy atom. The van der Waals surface area contributed by atoms with E-state index in [0.717, 1.165) is 5.69 Å². The number of amides is 1. The van der Waals surface area contributed by atoms with E-state index in [1.807, 2.05) is 40.7 Å². The van der Waals surface area contributed by atoms with E-state index < -0.39 is 5.60 Å². The van der Waals surface area contributed by atoms with E-state index in [9.17, 15) is 9.90 Å². The lowest BCUT2D eigenvalue weighted by atomic mass is 10.1. The van der Waals surface area contributed by atoms with Gasteiger partial charge in [-0.2, -0.15) is 4.98 Å². The van der Waals surface area contributed by atoms with E-state index in [1.165, 1.54) is 6.07 Å². The van der Waals surface area contributed by atoms with Crippen LogP contribution < -0.4 is 4.90 Å². The summed E-state index contributed by atoms with van der Waals surface area (Å²) in [6.07, 6.45) is 1.43. The Bertz CT molecular complexity index is 856. The molecular weight excluding hydrogens is 368 g/mol. The highest BCUT2D eigenvalue weighted by Gasteiger charge is 2.35. The van der Waals surface area contributed by atoms with Gasteiger partial charge in [-0.3, -0.25) is 4.90 Å². The second kappa shape index (κ2) is 7.03. The first kappa shape index (κ1) is 19.5. The van der Waals surface area contributed by atoms with Gasteiger partial charge in [0.2, 0.25) is 5.88 Å². The van der Waals surface area contributed by atoms with Gasteiger partial charge >= 0.3 is 6.09 Å². The standard InChI is InChI=1S/C19H25ClN4O3/c1-11-9-23(10-12(2)24(11)18(26)27-19(3,4)5)13-6-14-15(20)7-16(25)22-17(14)21-8-13/h6-8,11-12H,9-10H2,1-5H3,(H,21,22,25)/t11-,12+. The summed E-state index contributed by atoms with van der Waals surface area (Å²) < 4.78 is 5.55. The molecule has 8 heteroatoms. The molecule has 1 fully saturated rings. The molecule has 1 N–H and O–H groups in total. The van der Waals surface area contributed by atoms with Crippen molar-refractivity contribution in [3.8, 4) is 5.88 Å². The van der Waals surface area contributed by atoms with Gasteiger partial charge in [0.1, 0.15) is 5.60 Å². The van der Waals surface area contributed by atoms with Gasteiger partial charge in [0.05, 0.1) is 29.0 Å². The first-order chi connectivity index (χ1) is 12.5. The number of pyridine rings is 2. The zero-order valence-corrected chi connectivity index (χ0v) is 17.0. The summed E-state index contributed by atoms with van der Waals surface area (Å²) in [6.45, 7) is 10.9. The molecule has 0 spiro atoms. The van der Waals surface area contributed by atoms with Crippen LogP contribution in [-0.2, 0) is 4.74 Å². The van der Waals surface area contributed by atoms with Gasteiger partial charge in [-0.25, -0.2) is 9.78 Å². The van der Waals surface area contributed by atoms with Crippen molar-refractivity contribution >= 4 is 34.4 Å². The fourth-order valence-corrected chi connectivity index (χ4v) is 3.66. The number of aromatic hydroxyl groups is 1. The number of hydrogen-bond donors (Lipinski definition) is 1. The van der Waals surface area contributed by atoms with E-state index >= 15 is 0 Å². The molecule has 2 atom stereocenters. The molecule has 27 heavy (non-hydrogen) atoms. The predicted octanol–water partition coefficient (Wildman–Crippen LogP) is 3.82. The lowest BCUT2D eigenvalue weighted by Crippen LogP contribution is -2.59. The summed E-state index contributed by atoms with van der Waals surface area (Å²) in [6, 6.07) is 3.28. The molecule has 3 rings (SSSR count). The molecule has 1 amide bonds. The molecule has 0 aromatic carbocycles. The van der Waals surface area contributed by atoms with E-state index in [4.69, 9.17) is 16.3 Å². The molecule has 1 aliphatic rings. The van der Waals surface area contributed by atoms with Crippen LogP contribution in [0.15, 0.2) is 18.3 Å².